The summed E-state index contributed by atoms with van der Waals surface area (Å²) in [5, 5.41) is 4.12. The molecule has 0 radical (unpaired) electrons. The average molecular weight is 386 g/mol. The summed E-state index contributed by atoms with van der Waals surface area (Å²) in [6.07, 6.45) is 6.87. The summed E-state index contributed by atoms with van der Waals surface area (Å²) in [7, 11) is -0.641. The largest absolute Gasteiger partial charge is 0.465 e. The monoisotopic (exact) mass is 386 g/mol. The van der Waals surface area contributed by atoms with Gasteiger partial charge in [-0.05, 0) is 35.9 Å². The number of aromatic nitrogens is 3. The van der Waals surface area contributed by atoms with Crippen LogP contribution in [0.15, 0.2) is 60.0 Å². The molecule has 0 saturated carbocycles. The molecule has 3 rings (SSSR count). The van der Waals surface area contributed by atoms with Gasteiger partial charge in [-0.1, -0.05) is 0 Å². The highest BCUT2D eigenvalue weighted by molar-refractivity contribution is 7.89. The molecule has 0 fully saturated rings. The lowest BCUT2D eigenvalue weighted by Gasteiger charge is -2.08. The van der Waals surface area contributed by atoms with Gasteiger partial charge >= 0.3 is 5.97 Å². The van der Waals surface area contributed by atoms with Crippen LogP contribution in [-0.2, 0) is 28.4 Å². The number of carbonyl (C=O) groups is 1. The molecule has 0 amide bonds. The zero-order valence-corrected chi connectivity index (χ0v) is 15.6. The molecule has 0 aliphatic heterocycles. The van der Waals surface area contributed by atoms with Gasteiger partial charge in [-0.15, -0.1) is 0 Å². The van der Waals surface area contributed by atoms with E-state index in [1.807, 2.05) is 19.3 Å². The SMILES string of the molecule is COC(=O)c1ccc(S(=O)(=O)NCc2cncc(-c3cnn(C)c3)c2)cc1. The summed E-state index contributed by atoms with van der Waals surface area (Å²) < 4.78 is 33.7. The van der Waals surface area contributed by atoms with Crippen LogP contribution in [0, 0.1) is 0 Å². The van der Waals surface area contributed by atoms with Crippen LogP contribution >= 0.6 is 0 Å². The van der Waals surface area contributed by atoms with Gasteiger partial charge in [0, 0.05) is 43.3 Å². The molecule has 0 spiro atoms. The van der Waals surface area contributed by atoms with E-state index < -0.39 is 16.0 Å². The minimum atomic E-state index is -3.73. The van der Waals surface area contributed by atoms with Crippen molar-refractivity contribution in [3.8, 4) is 11.1 Å². The maximum atomic E-state index is 12.5. The van der Waals surface area contributed by atoms with Crippen LogP contribution < -0.4 is 4.72 Å². The molecule has 1 aromatic carbocycles. The zero-order valence-electron chi connectivity index (χ0n) is 14.8. The van der Waals surface area contributed by atoms with Gasteiger partial charge in [-0.2, -0.15) is 5.10 Å². The van der Waals surface area contributed by atoms with Crippen LogP contribution in [0.3, 0.4) is 0 Å². The molecule has 3 aromatic rings. The Morgan fingerprint density at radius 3 is 2.52 bits per heavy atom. The van der Waals surface area contributed by atoms with Gasteiger partial charge < -0.3 is 4.74 Å². The van der Waals surface area contributed by atoms with E-state index in [4.69, 9.17) is 0 Å². The quantitative estimate of drug-likeness (QED) is 0.648. The second-order valence-electron chi connectivity index (χ2n) is 5.83. The number of esters is 1. The smallest absolute Gasteiger partial charge is 0.337 e. The maximum absolute atomic E-state index is 12.5. The Kier molecular flexibility index (Phi) is 5.33. The molecule has 0 aliphatic rings. The highest BCUT2D eigenvalue weighted by Gasteiger charge is 2.15. The van der Waals surface area contributed by atoms with Crippen molar-refractivity contribution in [1.29, 1.82) is 0 Å². The molecule has 2 heterocycles. The fraction of sp³-hybridized carbons (Fsp3) is 0.167. The van der Waals surface area contributed by atoms with E-state index in [2.05, 4.69) is 19.5 Å². The zero-order chi connectivity index (χ0) is 19.4. The molecular weight excluding hydrogens is 368 g/mol. The van der Waals surface area contributed by atoms with Gasteiger partial charge in [-0.3, -0.25) is 9.67 Å². The van der Waals surface area contributed by atoms with Crippen LogP contribution in [0.25, 0.3) is 11.1 Å². The fourth-order valence-electron chi connectivity index (χ4n) is 2.46. The highest BCUT2D eigenvalue weighted by Crippen LogP contribution is 2.19. The lowest BCUT2D eigenvalue weighted by atomic mass is 10.1. The van der Waals surface area contributed by atoms with Gasteiger partial charge in [0.15, 0.2) is 0 Å². The fourth-order valence-corrected chi connectivity index (χ4v) is 3.48. The molecule has 1 N–H and O–H groups in total. The minimum absolute atomic E-state index is 0.0616. The van der Waals surface area contributed by atoms with Crippen molar-refractivity contribution in [2.24, 2.45) is 7.05 Å². The number of ether oxygens (including phenoxy) is 1. The number of carbonyl (C=O) groups excluding carboxylic acids is 1. The van der Waals surface area contributed by atoms with E-state index >= 15 is 0 Å². The van der Waals surface area contributed by atoms with Crippen LogP contribution in [0.5, 0.6) is 0 Å². The van der Waals surface area contributed by atoms with E-state index in [1.54, 1.807) is 23.3 Å². The third-order valence-corrected chi connectivity index (χ3v) is 5.30. The third-order valence-electron chi connectivity index (χ3n) is 3.89. The number of hydrogen-bond donors (Lipinski definition) is 1. The summed E-state index contributed by atoms with van der Waals surface area (Å²) in [5.74, 6) is -0.523. The molecule has 0 bridgehead atoms. The molecular formula is C18H18N4O4S. The Bertz CT molecular complexity index is 1060. The molecule has 2 aromatic heterocycles. The third kappa shape index (κ3) is 4.39. The topological polar surface area (TPSA) is 103 Å². The standard InChI is InChI=1S/C18H18N4O4S/c1-22-12-16(11-20-22)15-7-13(8-19-10-15)9-21-27(24,25)17-5-3-14(4-6-17)18(23)26-2/h3-8,10-12,21H,9H2,1-2H3. The Morgan fingerprint density at radius 1 is 1.15 bits per heavy atom. The van der Waals surface area contributed by atoms with Crippen molar-refractivity contribution in [3.05, 3.63) is 66.2 Å². The number of methoxy groups -OCH3 is 1. The molecule has 27 heavy (non-hydrogen) atoms. The first-order chi connectivity index (χ1) is 12.9. The predicted molar refractivity (Wildman–Crippen MR) is 98.2 cm³/mol. The molecule has 0 atom stereocenters. The van der Waals surface area contributed by atoms with Crippen LogP contribution in [0.2, 0.25) is 0 Å². The minimum Gasteiger partial charge on any atom is -0.465 e. The highest BCUT2D eigenvalue weighted by atomic mass is 32.2. The van der Waals surface area contributed by atoms with Crippen molar-refractivity contribution in [3.63, 3.8) is 0 Å². The Balaban J connectivity index is 1.73. The first-order valence-electron chi connectivity index (χ1n) is 8.00. The lowest BCUT2D eigenvalue weighted by Crippen LogP contribution is -2.23. The normalized spacial score (nSPS) is 11.3. The summed E-state index contributed by atoms with van der Waals surface area (Å²) >= 11 is 0. The van der Waals surface area contributed by atoms with Crippen molar-refractivity contribution < 1.29 is 17.9 Å². The number of pyridine rings is 1. The van der Waals surface area contributed by atoms with E-state index in [1.165, 1.54) is 31.4 Å². The van der Waals surface area contributed by atoms with Gasteiger partial charge in [0.05, 0.1) is 23.8 Å². The Morgan fingerprint density at radius 2 is 1.89 bits per heavy atom. The molecule has 8 nitrogen and oxygen atoms in total. The number of benzene rings is 1. The van der Waals surface area contributed by atoms with E-state index in [0.29, 0.717) is 5.56 Å². The second kappa shape index (κ2) is 7.68. The Hall–Kier alpha value is -3.04. The number of sulfonamides is 1. The van der Waals surface area contributed by atoms with Gasteiger partial charge in [-0.25, -0.2) is 17.9 Å². The van der Waals surface area contributed by atoms with Crippen molar-refractivity contribution >= 4 is 16.0 Å². The van der Waals surface area contributed by atoms with Crippen molar-refractivity contribution in [2.45, 2.75) is 11.4 Å². The molecule has 0 aliphatic carbocycles. The summed E-state index contributed by atoms with van der Waals surface area (Å²) in [4.78, 5) is 15.7. The predicted octanol–water partition coefficient (Wildman–Crippen LogP) is 1.75. The van der Waals surface area contributed by atoms with Gasteiger partial charge in [0.1, 0.15) is 0 Å². The molecule has 0 unspecified atom stereocenters. The summed E-state index contributed by atoms with van der Waals surface area (Å²) in [5.41, 5.74) is 2.74. The van der Waals surface area contributed by atoms with Crippen LogP contribution in [0.1, 0.15) is 15.9 Å². The van der Waals surface area contributed by atoms with E-state index in [-0.39, 0.29) is 17.0 Å². The molecule has 0 saturated heterocycles. The summed E-state index contributed by atoms with van der Waals surface area (Å²) in [6, 6.07) is 7.39. The van der Waals surface area contributed by atoms with Crippen LogP contribution in [-0.4, -0.2) is 36.3 Å². The second-order valence-corrected chi connectivity index (χ2v) is 7.59. The first-order valence-corrected chi connectivity index (χ1v) is 9.48. The summed E-state index contributed by atoms with van der Waals surface area (Å²) in [6.45, 7) is 0.0855. The van der Waals surface area contributed by atoms with Crippen molar-refractivity contribution in [2.75, 3.05) is 7.11 Å². The van der Waals surface area contributed by atoms with Crippen LogP contribution in [0.4, 0.5) is 0 Å². The number of rotatable bonds is 6. The molecule has 140 valence electrons. The Labute approximate surface area is 156 Å². The van der Waals surface area contributed by atoms with E-state index in [0.717, 1.165) is 11.1 Å². The number of nitrogens with zero attached hydrogens (tertiary/aromatic N) is 3. The number of nitrogens with one attached hydrogen (secondary N) is 1. The van der Waals surface area contributed by atoms with Gasteiger partial charge in [0.2, 0.25) is 10.0 Å². The first kappa shape index (κ1) is 18.7. The van der Waals surface area contributed by atoms with E-state index in [9.17, 15) is 13.2 Å². The average Bonchev–Trinajstić information content (AvgIpc) is 3.12. The maximum Gasteiger partial charge on any atom is 0.337 e. The van der Waals surface area contributed by atoms with Crippen molar-refractivity contribution in [1.82, 2.24) is 19.5 Å². The number of aryl methyl sites for hydroxylation is 1. The lowest BCUT2D eigenvalue weighted by molar-refractivity contribution is 0.0600. The molecule has 9 heteroatoms. The number of hydrogen-bond acceptors (Lipinski definition) is 6. The van der Waals surface area contributed by atoms with Gasteiger partial charge in [0.25, 0.3) is 0 Å².